The highest BCUT2D eigenvalue weighted by Gasteiger charge is 2.58. The predicted octanol–water partition coefficient (Wildman–Crippen LogP) is 4.34. The molecule has 1 aliphatic heterocycles. The number of anilines is 1. The molecule has 2 nitrogen and oxygen atoms in total. The zero-order valence-corrected chi connectivity index (χ0v) is 11.5. The minimum Gasteiger partial charge on any atom is -0.229 e. The summed E-state index contributed by atoms with van der Waals surface area (Å²) in [6, 6.07) is 30.9. The van der Waals surface area contributed by atoms with Gasteiger partial charge in [0.1, 0.15) is 0 Å². The van der Waals surface area contributed by atoms with E-state index in [1.807, 2.05) is 59.7 Å². The Kier molecular flexibility index (Phi) is 2.76. The molecule has 3 aromatic rings. The first-order chi connectivity index (χ1) is 10.4. The molecule has 21 heavy (non-hydrogen) atoms. The van der Waals surface area contributed by atoms with Gasteiger partial charge in [-0.05, 0) is 12.1 Å². The Hall–Kier alpha value is -2.58. The van der Waals surface area contributed by atoms with Gasteiger partial charge < -0.3 is 0 Å². The molecule has 2 heteroatoms. The van der Waals surface area contributed by atoms with Crippen molar-refractivity contribution in [1.82, 2.24) is 0 Å². The van der Waals surface area contributed by atoms with E-state index in [1.54, 1.807) is 0 Å². The van der Waals surface area contributed by atoms with E-state index in [9.17, 15) is 0 Å². The van der Waals surface area contributed by atoms with Gasteiger partial charge >= 0.3 is 0 Å². The lowest BCUT2D eigenvalue weighted by molar-refractivity contribution is 0.342. The summed E-state index contributed by atoms with van der Waals surface area (Å²) in [7, 11) is 0. The Labute approximate surface area is 124 Å². The number of benzene rings is 3. The van der Waals surface area contributed by atoms with Gasteiger partial charge in [0.15, 0.2) is 0 Å². The fraction of sp³-hybridized carbons (Fsp3) is 0.0526. The molecule has 0 aliphatic carbocycles. The summed E-state index contributed by atoms with van der Waals surface area (Å²) in [4.78, 5) is 6.10. The van der Waals surface area contributed by atoms with Crippen molar-refractivity contribution in [3.8, 4) is 0 Å². The van der Waals surface area contributed by atoms with E-state index in [2.05, 4.69) is 36.4 Å². The SMILES string of the molecule is c1ccc(N2OC2(c2ccccc2)c2ccccc2)cc1. The third-order valence-corrected chi connectivity index (χ3v) is 3.80. The Morgan fingerprint density at radius 3 is 1.48 bits per heavy atom. The van der Waals surface area contributed by atoms with Crippen LogP contribution in [-0.4, -0.2) is 0 Å². The van der Waals surface area contributed by atoms with Gasteiger partial charge in [-0.25, -0.2) is 9.90 Å². The van der Waals surface area contributed by atoms with Crippen molar-refractivity contribution < 1.29 is 4.84 Å². The molecule has 1 aliphatic rings. The van der Waals surface area contributed by atoms with Gasteiger partial charge in [-0.2, -0.15) is 0 Å². The lowest BCUT2D eigenvalue weighted by Gasteiger charge is -2.13. The van der Waals surface area contributed by atoms with Crippen LogP contribution < -0.4 is 5.06 Å². The Morgan fingerprint density at radius 2 is 1.00 bits per heavy atom. The fourth-order valence-electron chi connectivity index (χ4n) is 2.74. The topological polar surface area (TPSA) is 15.5 Å². The van der Waals surface area contributed by atoms with Crippen molar-refractivity contribution in [2.75, 3.05) is 5.06 Å². The Balaban J connectivity index is 1.83. The molecule has 0 spiro atoms. The van der Waals surface area contributed by atoms with Crippen LogP contribution in [0.1, 0.15) is 11.1 Å². The minimum absolute atomic E-state index is 0.510. The van der Waals surface area contributed by atoms with Gasteiger partial charge in [-0.3, -0.25) is 0 Å². The maximum absolute atomic E-state index is 6.10. The molecular weight excluding hydrogens is 258 g/mol. The molecule has 3 aromatic carbocycles. The van der Waals surface area contributed by atoms with Gasteiger partial charge in [-0.1, -0.05) is 78.9 Å². The van der Waals surface area contributed by atoms with Crippen LogP contribution in [0.2, 0.25) is 0 Å². The van der Waals surface area contributed by atoms with Crippen molar-refractivity contribution in [1.29, 1.82) is 0 Å². The second-order valence-electron chi connectivity index (χ2n) is 5.10. The van der Waals surface area contributed by atoms with Crippen LogP contribution in [-0.2, 0) is 10.6 Å². The van der Waals surface area contributed by atoms with Crippen LogP contribution in [0.4, 0.5) is 5.69 Å². The highest BCUT2D eigenvalue weighted by molar-refractivity contribution is 5.58. The van der Waals surface area contributed by atoms with Crippen molar-refractivity contribution >= 4 is 5.69 Å². The molecule has 0 N–H and O–H groups in total. The molecule has 0 unspecified atom stereocenters. The second kappa shape index (κ2) is 4.76. The van der Waals surface area contributed by atoms with Gasteiger partial charge in [0, 0.05) is 11.1 Å². The third kappa shape index (κ3) is 1.92. The normalized spacial score (nSPS) is 15.7. The second-order valence-corrected chi connectivity index (χ2v) is 5.10. The standard InChI is InChI=1S/C19H15NO/c1-4-10-16(11-5-1)19(17-12-6-2-7-13-17)20(21-19)18-14-8-3-9-15-18/h1-15H. The number of nitrogens with zero attached hydrogens (tertiary/aromatic N) is 1. The maximum atomic E-state index is 6.10. The van der Waals surface area contributed by atoms with E-state index in [0.717, 1.165) is 16.8 Å². The average molecular weight is 273 g/mol. The molecule has 0 saturated carbocycles. The average Bonchev–Trinajstić information content (AvgIpc) is 3.34. The van der Waals surface area contributed by atoms with E-state index >= 15 is 0 Å². The van der Waals surface area contributed by atoms with Gasteiger partial charge in [0.2, 0.25) is 5.72 Å². The van der Waals surface area contributed by atoms with Crippen molar-refractivity contribution in [2.24, 2.45) is 0 Å². The summed E-state index contributed by atoms with van der Waals surface area (Å²) in [5.74, 6) is 0. The van der Waals surface area contributed by atoms with E-state index in [0.29, 0.717) is 0 Å². The predicted molar refractivity (Wildman–Crippen MR) is 83.7 cm³/mol. The molecule has 1 saturated heterocycles. The highest BCUT2D eigenvalue weighted by Crippen LogP contribution is 2.52. The maximum Gasteiger partial charge on any atom is 0.242 e. The zero-order valence-electron chi connectivity index (χ0n) is 11.5. The summed E-state index contributed by atoms with van der Waals surface area (Å²) in [5, 5.41) is 1.97. The van der Waals surface area contributed by atoms with Crippen LogP contribution in [0.5, 0.6) is 0 Å². The molecular formula is C19H15NO. The van der Waals surface area contributed by atoms with Crippen LogP contribution >= 0.6 is 0 Å². The molecule has 102 valence electrons. The van der Waals surface area contributed by atoms with E-state index in [-0.39, 0.29) is 0 Å². The zero-order chi connectivity index (χ0) is 14.1. The number of para-hydroxylation sites is 1. The van der Waals surface area contributed by atoms with Crippen LogP contribution in [0.15, 0.2) is 91.0 Å². The third-order valence-electron chi connectivity index (χ3n) is 3.80. The fourth-order valence-corrected chi connectivity index (χ4v) is 2.74. The first-order valence-electron chi connectivity index (χ1n) is 7.07. The molecule has 1 fully saturated rings. The van der Waals surface area contributed by atoms with Crippen molar-refractivity contribution in [2.45, 2.75) is 5.72 Å². The lowest BCUT2D eigenvalue weighted by atomic mass is 9.96. The van der Waals surface area contributed by atoms with Crippen LogP contribution in [0, 0.1) is 0 Å². The summed E-state index contributed by atoms with van der Waals surface area (Å²) >= 11 is 0. The summed E-state index contributed by atoms with van der Waals surface area (Å²) in [6.07, 6.45) is 0. The van der Waals surface area contributed by atoms with Gasteiger partial charge in [0.25, 0.3) is 0 Å². The monoisotopic (exact) mass is 273 g/mol. The van der Waals surface area contributed by atoms with E-state index in [1.165, 1.54) is 0 Å². The first-order valence-corrected chi connectivity index (χ1v) is 7.07. The highest BCUT2D eigenvalue weighted by atomic mass is 16.9. The summed E-state index contributed by atoms with van der Waals surface area (Å²) in [5.41, 5.74) is 2.83. The van der Waals surface area contributed by atoms with Crippen LogP contribution in [0.25, 0.3) is 0 Å². The lowest BCUT2D eigenvalue weighted by Crippen LogP contribution is -2.17. The molecule has 0 radical (unpaired) electrons. The molecule has 0 amide bonds. The molecule has 4 rings (SSSR count). The van der Waals surface area contributed by atoms with Crippen molar-refractivity contribution in [3.63, 3.8) is 0 Å². The molecule has 0 bridgehead atoms. The van der Waals surface area contributed by atoms with Gasteiger partial charge in [-0.15, -0.1) is 0 Å². The Morgan fingerprint density at radius 1 is 0.571 bits per heavy atom. The van der Waals surface area contributed by atoms with E-state index in [4.69, 9.17) is 4.84 Å². The largest absolute Gasteiger partial charge is 0.242 e. The minimum atomic E-state index is -0.510. The smallest absolute Gasteiger partial charge is 0.229 e. The number of hydroxylamine groups is 1. The van der Waals surface area contributed by atoms with E-state index < -0.39 is 5.72 Å². The molecule has 0 atom stereocenters. The molecule has 1 heterocycles. The number of hydrogen-bond donors (Lipinski definition) is 0. The summed E-state index contributed by atoms with van der Waals surface area (Å²) < 4.78 is 0. The quantitative estimate of drug-likeness (QED) is 0.660. The molecule has 0 aromatic heterocycles. The summed E-state index contributed by atoms with van der Waals surface area (Å²) in [6.45, 7) is 0. The van der Waals surface area contributed by atoms with Crippen LogP contribution in [0.3, 0.4) is 0 Å². The first kappa shape index (κ1) is 12.2. The number of hydrogen-bond acceptors (Lipinski definition) is 2. The van der Waals surface area contributed by atoms with Crippen molar-refractivity contribution in [3.05, 3.63) is 102 Å². The van der Waals surface area contributed by atoms with Gasteiger partial charge in [0.05, 0.1) is 5.69 Å². The Bertz CT molecular complexity index is 686. The number of rotatable bonds is 3.